The number of benzene rings is 1. The number of nitrogens with zero attached hydrogens (tertiary/aromatic N) is 4. The molecule has 0 saturated heterocycles. The number of nitrogens with one attached hydrogen (secondary N) is 1. The minimum atomic E-state index is -0.222. The second-order valence-electron chi connectivity index (χ2n) is 7.96. The number of rotatable bonds is 4. The van der Waals surface area contributed by atoms with Crippen LogP contribution in [0.5, 0.6) is 0 Å². The molecule has 1 aliphatic rings. The molecule has 0 bridgehead atoms. The van der Waals surface area contributed by atoms with Gasteiger partial charge in [0.2, 0.25) is 0 Å². The summed E-state index contributed by atoms with van der Waals surface area (Å²) in [7, 11) is 0. The summed E-state index contributed by atoms with van der Waals surface area (Å²) in [5.74, 6) is -0.222. The fourth-order valence-electron chi connectivity index (χ4n) is 3.80. The van der Waals surface area contributed by atoms with Gasteiger partial charge >= 0.3 is 0 Å². The van der Waals surface area contributed by atoms with Crippen molar-refractivity contribution in [3.63, 3.8) is 0 Å². The summed E-state index contributed by atoms with van der Waals surface area (Å²) in [5.41, 5.74) is 3.57. The summed E-state index contributed by atoms with van der Waals surface area (Å²) in [4.78, 5) is 20.7. The normalized spacial score (nSPS) is 17.8. The number of aromatic nitrogens is 4. The number of amides is 1. The Hall–Kier alpha value is -2.73. The van der Waals surface area contributed by atoms with Crippen molar-refractivity contribution >= 4 is 17.5 Å². The molecule has 0 saturated carbocycles. The van der Waals surface area contributed by atoms with Crippen LogP contribution < -0.4 is 5.32 Å². The lowest BCUT2D eigenvalue weighted by molar-refractivity contribution is 0.0913. The topological polar surface area (TPSA) is 72.7 Å². The molecule has 0 spiro atoms. The van der Waals surface area contributed by atoms with E-state index in [1.807, 2.05) is 35.1 Å². The van der Waals surface area contributed by atoms with Gasteiger partial charge in [0, 0.05) is 28.7 Å². The first-order valence-electron chi connectivity index (χ1n) is 9.28. The minimum Gasteiger partial charge on any atom is -0.344 e. The molecule has 28 heavy (non-hydrogen) atoms. The summed E-state index contributed by atoms with van der Waals surface area (Å²) in [6, 6.07) is 7.68. The van der Waals surface area contributed by atoms with E-state index in [-0.39, 0.29) is 17.4 Å². The molecule has 2 aromatic heterocycles. The van der Waals surface area contributed by atoms with Crippen molar-refractivity contribution in [2.45, 2.75) is 39.3 Å². The van der Waals surface area contributed by atoms with E-state index >= 15 is 0 Å². The zero-order valence-corrected chi connectivity index (χ0v) is 16.6. The first-order chi connectivity index (χ1) is 13.4. The molecule has 1 atom stereocenters. The minimum absolute atomic E-state index is 0.0333. The Labute approximate surface area is 169 Å². The van der Waals surface area contributed by atoms with Gasteiger partial charge in [0.1, 0.15) is 5.69 Å². The lowest BCUT2D eigenvalue weighted by atomic mass is 9.74. The molecular formula is C21H22ClN5O. The van der Waals surface area contributed by atoms with Crippen molar-refractivity contribution < 1.29 is 4.79 Å². The maximum atomic E-state index is 12.6. The van der Waals surface area contributed by atoms with E-state index in [4.69, 9.17) is 11.6 Å². The van der Waals surface area contributed by atoms with Gasteiger partial charge in [-0.1, -0.05) is 43.6 Å². The number of fused-ring (bicyclic) bond motifs is 1. The molecule has 1 aliphatic carbocycles. The quantitative estimate of drug-likeness (QED) is 0.728. The molecule has 4 rings (SSSR count). The average Bonchev–Trinajstić information content (AvgIpc) is 3.06. The standard InChI is InChI=1S/C21H22ClN5O/c1-21(2)9-17(26-20(28)18-12-23-7-8-24-18)15-11-25-27(19(15)10-21)13-14-5-3-4-6-16(14)22/h3-8,11-12,17H,9-10,13H2,1-2H3,(H,26,28). The smallest absolute Gasteiger partial charge is 0.271 e. The van der Waals surface area contributed by atoms with E-state index in [0.717, 1.165) is 34.7 Å². The highest BCUT2D eigenvalue weighted by molar-refractivity contribution is 6.31. The zero-order chi connectivity index (χ0) is 19.7. The third-order valence-corrected chi connectivity index (χ3v) is 5.51. The van der Waals surface area contributed by atoms with Gasteiger partial charge in [-0.2, -0.15) is 5.10 Å². The van der Waals surface area contributed by atoms with Gasteiger partial charge in [0.05, 0.1) is 25.0 Å². The van der Waals surface area contributed by atoms with Crippen molar-refractivity contribution in [2.24, 2.45) is 5.41 Å². The molecule has 3 aromatic rings. The Morgan fingerprint density at radius 2 is 2.11 bits per heavy atom. The Bertz CT molecular complexity index is 999. The summed E-state index contributed by atoms with van der Waals surface area (Å²) in [6.45, 7) is 5.03. The van der Waals surface area contributed by atoms with E-state index in [1.54, 1.807) is 6.20 Å². The van der Waals surface area contributed by atoms with Crippen LogP contribution in [0.1, 0.15) is 53.6 Å². The lowest BCUT2D eigenvalue weighted by Gasteiger charge is -2.36. The predicted octanol–water partition coefficient (Wildman–Crippen LogP) is 3.82. The summed E-state index contributed by atoms with van der Waals surface area (Å²) in [5, 5.41) is 8.45. The van der Waals surface area contributed by atoms with E-state index in [1.165, 1.54) is 12.4 Å². The van der Waals surface area contributed by atoms with E-state index < -0.39 is 0 Å². The molecule has 1 aromatic carbocycles. The number of carbonyl (C=O) groups is 1. The van der Waals surface area contributed by atoms with Crippen LogP contribution in [0.4, 0.5) is 0 Å². The summed E-state index contributed by atoms with van der Waals surface area (Å²) in [6.07, 6.45) is 8.15. The highest BCUT2D eigenvalue weighted by atomic mass is 35.5. The molecule has 1 unspecified atom stereocenters. The van der Waals surface area contributed by atoms with Crippen LogP contribution in [-0.2, 0) is 13.0 Å². The third-order valence-electron chi connectivity index (χ3n) is 5.14. The molecule has 6 nitrogen and oxygen atoms in total. The highest BCUT2D eigenvalue weighted by Gasteiger charge is 2.36. The predicted molar refractivity (Wildman–Crippen MR) is 107 cm³/mol. The SMILES string of the molecule is CC1(C)Cc2c(cnn2Cc2ccccc2Cl)C(NC(=O)c2cnccn2)C1. The Morgan fingerprint density at radius 1 is 1.29 bits per heavy atom. The molecule has 2 heterocycles. The third kappa shape index (κ3) is 3.78. The molecule has 0 aliphatic heterocycles. The number of hydrogen-bond acceptors (Lipinski definition) is 4. The first-order valence-corrected chi connectivity index (χ1v) is 9.66. The summed E-state index contributed by atoms with van der Waals surface area (Å²) < 4.78 is 2.00. The van der Waals surface area contributed by atoms with Crippen LogP contribution in [0.2, 0.25) is 5.02 Å². The van der Waals surface area contributed by atoms with Crippen LogP contribution in [0.3, 0.4) is 0 Å². The van der Waals surface area contributed by atoms with Crippen molar-refractivity contribution in [3.05, 3.63) is 76.6 Å². The average molecular weight is 396 g/mol. The Balaban J connectivity index is 1.63. The molecule has 7 heteroatoms. The molecule has 1 N–H and O–H groups in total. The van der Waals surface area contributed by atoms with Crippen LogP contribution in [0.15, 0.2) is 49.1 Å². The van der Waals surface area contributed by atoms with Gasteiger partial charge < -0.3 is 5.32 Å². The van der Waals surface area contributed by atoms with E-state index in [9.17, 15) is 4.79 Å². The van der Waals surface area contributed by atoms with Gasteiger partial charge in [-0.3, -0.25) is 14.5 Å². The first kappa shape index (κ1) is 18.6. The van der Waals surface area contributed by atoms with Crippen molar-refractivity contribution in [3.8, 4) is 0 Å². The van der Waals surface area contributed by atoms with E-state index in [2.05, 4.69) is 34.2 Å². The Kier molecular flexibility index (Phi) is 4.89. The maximum Gasteiger partial charge on any atom is 0.271 e. The second kappa shape index (κ2) is 7.36. The van der Waals surface area contributed by atoms with Gasteiger partial charge in [-0.05, 0) is 29.9 Å². The fourth-order valence-corrected chi connectivity index (χ4v) is 3.99. The van der Waals surface area contributed by atoms with Crippen LogP contribution >= 0.6 is 11.6 Å². The van der Waals surface area contributed by atoms with Crippen LogP contribution in [-0.4, -0.2) is 25.7 Å². The maximum absolute atomic E-state index is 12.6. The number of hydrogen-bond donors (Lipinski definition) is 1. The molecular weight excluding hydrogens is 374 g/mol. The molecule has 1 amide bonds. The van der Waals surface area contributed by atoms with Gasteiger partial charge in [-0.15, -0.1) is 0 Å². The molecule has 144 valence electrons. The van der Waals surface area contributed by atoms with Gasteiger partial charge in [0.15, 0.2) is 0 Å². The largest absolute Gasteiger partial charge is 0.344 e. The van der Waals surface area contributed by atoms with Crippen molar-refractivity contribution in [1.82, 2.24) is 25.1 Å². The zero-order valence-electron chi connectivity index (χ0n) is 15.9. The van der Waals surface area contributed by atoms with Gasteiger partial charge in [0.25, 0.3) is 5.91 Å². The summed E-state index contributed by atoms with van der Waals surface area (Å²) >= 11 is 6.33. The van der Waals surface area contributed by atoms with Crippen molar-refractivity contribution in [1.29, 1.82) is 0 Å². The molecule has 0 fully saturated rings. The van der Waals surface area contributed by atoms with Crippen LogP contribution in [0.25, 0.3) is 0 Å². The number of halogens is 1. The fraction of sp³-hybridized carbons (Fsp3) is 0.333. The second-order valence-corrected chi connectivity index (χ2v) is 8.36. The van der Waals surface area contributed by atoms with E-state index in [0.29, 0.717) is 12.2 Å². The lowest BCUT2D eigenvalue weighted by Crippen LogP contribution is -2.37. The van der Waals surface area contributed by atoms with Crippen LogP contribution in [0, 0.1) is 5.41 Å². The molecule has 0 radical (unpaired) electrons. The highest BCUT2D eigenvalue weighted by Crippen LogP contribution is 2.41. The Morgan fingerprint density at radius 3 is 2.86 bits per heavy atom. The number of carbonyl (C=O) groups excluding carboxylic acids is 1. The van der Waals surface area contributed by atoms with Crippen molar-refractivity contribution in [2.75, 3.05) is 0 Å². The van der Waals surface area contributed by atoms with Gasteiger partial charge in [-0.25, -0.2) is 4.98 Å². The monoisotopic (exact) mass is 395 g/mol.